The Morgan fingerprint density at radius 1 is 0.228 bits per heavy atom. The molecule has 0 aliphatic carbocycles. The lowest BCUT2D eigenvalue weighted by atomic mass is 10.1. The van der Waals surface area contributed by atoms with Crippen LogP contribution in [0.2, 0.25) is 0 Å². The van der Waals surface area contributed by atoms with Gasteiger partial charge in [-0.05, 0) is 170 Å². The number of hydrogen-bond acceptors (Lipinski definition) is 0. The van der Waals surface area contributed by atoms with E-state index in [1.807, 2.05) is 26.0 Å². The second kappa shape index (κ2) is 23.7. The summed E-state index contributed by atoms with van der Waals surface area (Å²) in [6.07, 6.45) is 0. The summed E-state index contributed by atoms with van der Waals surface area (Å²) in [5, 5.41) is 0. The van der Waals surface area contributed by atoms with Crippen LogP contribution < -0.4 is 0 Å². The average Bonchev–Trinajstić information content (AvgIpc) is 3.15. The highest BCUT2D eigenvalue weighted by Crippen LogP contribution is 2.19. The van der Waals surface area contributed by atoms with Crippen molar-refractivity contribution in [1.29, 1.82) is 0 Å². The van der Waals surface area contributed by atoms with Crippen molar-refractivity contribution in [2.75, 3.05) is 0 Å². The molecular formula is C49H54F8. The van der Waals surface area contributed by atoms with Gasteiger partial charge in [0.1, 0.15) is 34.9 Å². The Morgan fingerprint density at radius 3 is 0.860 bits per heavy atom. The van der Waals surface area contributed by atoms with Crippen molar-refractivity contribution in [3.63, 3.8) is 0 Å². The third kappa shape index (κ3) is 17.2. The number of halogens is 8. The molecular weight excluding hydrogens is 741 g/mol. The first-order chi connectivity index (χ1) is 26.5. The Labute approximate surface area is 334 Å². The summed E-state index contributed by atoms with van der Waals surface area (Å²) >= 11 is 0. The normalized spacial score (nSPS) is 9.84. The third-order valence-corrected chi connectivity index (χ3v) is 8.72. The summed E-state index contributed by atoms with van der Waals surface area (Å²) in [5.74, 6) is -3.55. The minimum atomic E-state index is -0.736. The highest BCUT2D eigenvalue weighted by molar-refractivity contribution is 5.32. The summed E-state index contributed by atoms with van der Waals surface area (Å²) < 4.78 is 101. The van der Waals surface area contributed by atoms with Gasteiger partial charge in [0.15, 0.2) is 11.6 Å². The molecule has 6 rings (SSSR count). The van der Waals surface area contributed by atoms with Gasteiger partial charge in [-0.25, -0.2) is 35.1 Å². The molecule has 0 aliphatic rings. The zero-order valence-electron chi connectivity index (χ0n) is 35.2. The van der Waals surface area contributed by atoms with Gasteiger partial charge in [-0.1, -0.05) is 71.8 Å². The smallest absolute Gasteiger partial charge is 0.161 e. The van der Waals surface area contributed by atoms with E-state index in [1.54, 1.807) is 58.9 Å². The van der Waals surface area contributed by atoms with Crippen LogP contribution in [0.1, 0.15) is 72.3 Å². The summed E-state index contributed by atoms with van der Waals surface area (Å²) in [6.45, 7) is 22.4. The molecule has 6 aromatic rings. The van der Waals surface area contributed by atoms with Crippen molar-refractivity contribution in [3.05, 3.63) is 210 Å². The first kappa shape index (κ1) is 49.8. The molecule has 0 bridgehead atoms. The maximum atomic E-state index is 13.0. The van der Waals surface area contributed by atoms with Crippen LogP contribution in [-0.4, -0.2) is 0 Å². The molecule has 0 radical (unpaired) electrons. The number of aryl methyl sites for hydroxylation is 10. The molecule has 0 amide bonds. The Balaban J connectivity index is 0.000000343. The maximum absolute atomic E-state index is 13.0. The lowest BCUT2D eigenvalue weighted by Gasteiger charge is -2.04. The van der Waals surface area contributed by atoms with Crippen LogP contribution in [0.5, 0.6) is 0 Å². The molecule has 6 aromatic carbocycles. The first-order valence-electron chi connectivity index (χ1n) is 18.2. The van der Waals surface area contributed by atoms with E-state index < -0.39 is 34.9 Å². The van der Waals surface area contributed by atoms with Crippen LogP contribution in [0, 0.1) is 137 Å². The molecule has 0 nitrogen and oxygen atoms in total. The zero-order chi connectivity index (χ0) is 43.7. The third-order valence-electron chi connectivity index (χ3n) is 8.72. The minimum absolute atomic E-state index is 0.0885. The van der Waals surface area contributed by atoms with E-state index >= 15 is 0 Å². The van der Waals surface area contributed by atoms with Gasteiger partial charge < -0.3 is 0 Å². The standard InChI is InChI=1S/C9H10F2.2C8H8F2.2C8H9F.C8H10/c1-5-4-8(10)7(3)9(11)6(5)2;1-5-3-7(9)6(2)8(10)4-5;1-5-3-4-6(2)8(10)7(5)9;2*1-6-3-4-7(2)8(9)5-6;1-7-3-5-8(2)6-4-7/h4H,1-3H3;2*3-4H,1-2H3;2*3-5H,1-2H3;3-6H,1-2H3. The van der Waals surface area contributed by atoms with Crippen LogP contribution in [0.25, 0.3) is 0 Å². The van der Waals surface area contributed by atoms with Gasteiger partial charge in [-0.15, -0.1) is 0 Å². The minimum Gasteiger partial charge on any atom is -0.207 e. The van der Waals surface area contributed by atoms with E-state index in [1.165, 1.54) is 69.2 Å². The number of rotatable bonds is 0. The molecule has 0 saturated carbocycles. The summed E-state index contributed by atoms with van der Waals surface area (Å²) in [6, 6.07) is 26.0. The van der Waals surface area contributed by atoms with Crippen molar-refractivity contribution < 1.29 is 35.1 Å². The fraction of sp³-hybridized carbons (Fsp3) is 0.265. The number of hydrogen-bond donors (Lipinski definition) is 0. The Kier molecular flexibility index (Phi) is 20.7. The van der Waals surface area contributed by atoms with Crippen LogP contribution in [0.15, 0.2) is 91.0 Å². The van der Waals surface area contributed by atoms with Gasteiger partial charge in [0.05, 0.1) is 0 Å². The lowest BCUT2D eigenvalue weighted by Crippen LogP contribution is -1.95. The molecule has 0 fully saturated rings. The first-order valence-corrected chi connectivity index (χ1v) is 18.2. The molecule has 57 heavy (non-hydrogen) atoms. The monoisotopic (exact) mass is 794 g/mol. The Morgan fingerprint density at radius 2 is 0.526 bits per heavy atom. The largest absolute Gasteiger partial charge is 0.207 e. The van der Waals surface area contributed by atoms with Crippen LogP contribution in [0.3, 0.4) is 0 Å². The predicted molar refractivity (Wildman–Crippen MR) is 220 cm³/mol. The SMILES string of the molecule is Cc1cc(F)c(C)c(F)c1.Cc1cc(F)c(C)c(F)c1C.Cc1ccc(C)c(F)c1.Cc1ccc(C)c(F)c1.Cc1ccc(C)c(F)c1F.Cc1ccc(C)cc1. The van der Waals surface area contributed by atoms with Crippen molar-refractivity contribution in [2.24, 2.45) is 0 Å². The van der Waals surface area contributed by atoms with E-state index in [2.05, 4.69) is 38.1 Å². The molecule has 0 atom stereocenters. The van der Waals surface area contributed by atoms with Crippen molar-refractivity contribution in [2.45, 2.75) is 90.0 Å². The van der Waals surface area contributed by atoms with Crippen LogP contribution in [0.4, 0.5) is 35.1 Å². The van der Waals surface area contributed by atoms with Gasteiger partial charge in [0.2, 0.25) is 0 Å². The van der Waals surface area contributed by atoms with E-state index in [0.717, 1.165) is 11.1 Å². The van der Waals surface area contributed by atoms with Crippen molar-refractivity contribution in [1.82, 2.24) is 0 Å². The summed E-state index contributed by atoms with van der Waals surface area (Å²) in [5.41, 5.74) is 8.71. The van der Waals surface area contributed by atoms with Gasteiger partial charge in [-0.2, -0.15) is 0 Å². The van der Waals surface area contributed by atoms with Gasteiger partial charge in [-0.3, -0.25) is 0 Å². The molecule has 0 unspecified atom stereocenters. The quantitative estimate of drug-likeness (QED) is 0.134. The van der Waals surface area contributed by atoms with E-state index in [0.29, 0.717) is 38.9 Å². The van der Waals surface area contributed by atoms with Gasteiger partial charge in [0, 0.05) is 11.1 Å². The second-order valence-corrected chi connectivity index (χ2v) is 14.1. The Hall–Kier alpha value is -5.24. The second-order valence-electron chi connectivity index (χ2n) is 14.1. The van der Waals surface area contributed by atoms with Gasteiger partial charge in [0.25, 0.3) is 0 Å². The van der Waals surface area contributed by atoms with E-state index in [4.69, 9.17) is 0 Å². The molecule has 0 spiro atoms. The van der Waals surface area contributed by atoms with E-state index in [-0.39, 0.29) is 22.8 Å². The fourth-order valence-electron chi connectivity index (χ4n) is 4.51. The lowest BCUT2D eigenvalue weighted by molar-refractivity contribution is 0.497. The summed E-state index contributed by atoms with van der Waals surface area (Å²) in [7, 11) is 0. The zero-order valence-corrected chi connectivity index (χ0v) is 35.2. The molecule has 0 heterocycles. The predicted octanol–water partition coefficient (Wildman–Crippen LogP) is 15.2. The van der Waals surface area contributed by atoms with Crippen molar-refractivity contribution >= 4 is 0 Å². The molecule has 0 saturated heterocycles. The highest BCUT2D eigenvalue weighted by Gasteiger charge is 2.09. The molecule has 8 heteroatoms. The van der Waals surface area contributed by atoms with Crippen LogP contribution >= 0.6 is 0 Å². The topological polar surface area (TPSA) is 0 Å². The highest BCUT2D eigenvalue weighted by atomic mass is 19.2. The Bertz CT molecular complexity index is 2060. The van der Waals surface area contributed by atoms with Crippen LogP contribution in [-0.2, 0) is 0 Å². The van der Waals surface area contributed by atoms with Gasteiger partial charge >= 0.3 is 0 Å². The maximum Gasteiger partial charge on any atom is 0.161 e. The molecule has 0 N–H and O–H groups in total. The van der Waals surface area contributed by atoms with E-state index in [9.17, 15) is 35.1 Å². The number of benzene rings is 6. The fourth-order valence-corrected chi connectivity index (χ4v) is 4.51. The molecule has 0 aliphatic heterocycles. The summed E-state index contributed by atoms with van der Waals surface area (Å²) in [4.78, 5) is 0. The average molecular weight is 795 g/mol. The molecule has 0 aromatic heterocycles. The molecule has 306 valence electrons. The van der Waals surface area contributed by atoms with Crippen molar-refractivity contribution in [3.8, 4) is 0 Å².